The molecule has 0 saturated carbocycles. The molecule has 0 aliphatic carbocycles. The van der Waals surface area contributed by atoms with E-state index in [1.54, 1.807) is 7.11 Å². The van der Waals surface area contributed by atoms with Gasteiger partial charge in [-0.15, -0.1) is 0 Å². The normalized spacial score (nSPS) is 15.8. The van der Waals surface area contributed by atoms with Crippen molar-refractivity contribution in [3.63, 3.8) is 0 Å². The lowest BCUT2D eigenvalue weighted by atomic mass is 9.97. The van der Waals surface area contributed by atoms with Crippen molar-refractivity contribution < 1.29 is 9.15 Å². The van der Waals surface area contributed by atoms with Gasteiger partial charge in [0.2, 0.25) is 5.89 Å². The topological polar surface area (TPSA) is 74.9 Å². The van der Waals surface area contributed by atoms with Crippen molar-refractivity contribution >= 4 is 5.96 Å². The second kappa shape index (κ2) is 11.7. The highest BCUT2D eigenvalue weighted by molar-refractivity contribution is 5.79. The molecule has 2 aromatic rings. The summed E-state index contributed by atoms with van der Waals surface area (Å²) < 4.78 is 11.2. The van der Waals surface area contributed by atoms with Crippen LogP contribution in [0.1, 0.15) is 42.7 Å². The number of aryl methyl sites for hydroxylation is 2. The molecule has 1 aromatic carbocycles. The van der Waals surface area contributed by atoms with E-state index in [-0.39, 0.29) is 0 Å². The van der Waals surface area contributed by atoms with E-state index in [2.05, 4.69) is 33.5 Å². The lowest BCUT2D eigenvalue weighted by Gasteiger charge is -2.30. The van der Waals surface area contributed by atoms with Crippen LogP contribution in [-0.4, -0.2) is 55.7 Å². The van der Waals surface area contributed by atoms with Gasteiger partial charge < -0.3 is 19.8 Å². The minimum Gasteiger partial charge on any atom is -0.496 e. The average Bonchev–Trinajstić information content (AvgIpc) is 3.10. The first-order valence-electron chi connectivity index (χ1n) is 11.4. The Labute approximate surface area is 186 Å². The predicted molar refractivity (Wildman–Crippen MR) is 125 cm³/mol. The zero-order valence-corrected chi connectivity index (χ0v) is 19.4. The molecular formula is C24H37N5O2. The lowest BCUT2D eigenvalue weighted by molar-refractivity contribution is 0.166. The van der Waals surface area contributed by atoms with E-state index in [1.807, 2.05) is 32.0 Å². The van der Waals surface area contributed by atoms with Crippen LogP contribution >= 0.6 is 0 Å². The summed E-state index contributed by atoms with van der Waals surface area (Å²) in [6.07, 6.45) is 3.21. The zero-order chi connectivity index (χ0) is 22.1. The van der Waals surface area contributed by atoms with Gasteiger partial charge in [0.15, 0.2) is 5.96 Å². The number of ether oxygens (including phenoxy) is 1. The smallest absolute Gasteiger partial charge is 0.208 e. The van der Waals surface area contributed by atoms with E-state index < -0.39 is 0 Å². The van der Waals surface area contributed by atoms with Crippen molar-refractivity contribution in [3.05, 3.63) is 47.2 Å². The molecule has 0 bridgehead atoms. The number of aliphatic imine (C=N–C) groups is 1. The number of nitrogens with zero attached hydrogens (tertiary/aromatic N) is 3. The summed E-state index contributed by atoms with van der Waals surface area (Å²) in [5.41, 5.74) is 2.20. The van der Waals surface area contributed by atoms with Gasteiger partial charge in [0, 0.05) is 19.6 Å². The van der Waals surface area contributed by atoms with Crippen LogP contribution < -0.4 is 15.4 Å². The maximum absolute atomic E-state index is 5.73. The Morgan fingerprint density at radius 3 is 2.68 bits per heavy atom. The molecule has 2 heterocycles. The summed E-state index contributed by atoms with van der Waals surface area (Å²) in [6.45, 7) is 11.5. The highest BCUT2D eigenvalue weighted by atomic mass is 16.5. The highest BCUT2D eigenvalue weighted by Gasteiger charge is 2.21. The number of benzene rings is 1. The molecule has 0 unspecified atom stereocenters. The molecule has 1 aliphatic heterocycles. The predicted octanol–water partition coefficient (Wildman–Crippen LogP) is 3.31. The fourth-order valence-corrected chi connectivity index (χ4v) is 3.91. The van der Waals surface area contributed by atoms with Crippen LogP contribution in [0.25, 0.3) is 0 Å². The first-order chi connectivity index (χ1) is 15.1. The highest BCUT2D eigenvalue weighted by Crippen LogP contribution is 2.20. The lowest BCUT2D eigenvalue weighted by Crippen LogP contribution is -2.39. The third kappa shape index (κ3) is 6.99. The number of aromatic nitrogens is 1. The van der Waals surface area contributed by atoms with Gasteiger partial charge in [0.05, 0.1) is 19.3 Å². The van der Waals surface area contributed by atoms with E-state index in [0.717, 1.165) is 87.6 Å². The zero-order valence-electron chi connectivity index (χ0n) is 19.4. The molecule has 7 heteroatoms. The van der Waals surface area contributed by atoms with Crippen molar-refractivity contribution in [1.29, 1.82) is 0 Å². The number of methoxy groups -OCH3 is 1. The summed E-state index contributed by atoms with van der Waals surface area (Å²) in [5.74, 6) is 4.21. The number of piperidine rings is 1. The number of hydrogen-bond donors (Lipinski definition) is 2. The van der Waals surface area contributed by atoms with Crippen LogP contribution in [0.5, 0.6) is 5.75 Å². The third-order valence-corrected chi connectivity index (χ3v) is 5.87. The van der Waals surface area contributed by atoms with Crippen LogP contribution in [0.3, 0.4) is 0 Å². The summed E-state index contributed by atoms with van der Waals surface area (Å²) >= 11 is 0. The van der Waals surface area contributed by atoms with Crippen molar-refractivity contribution in [1.82, 2.24) is 20.5 Å². The van der Waals surface area contributed by atoms with E-state index in [9.17, 15) is 0 Å². The Balaban J connectivity index is 1.42. The van der Waals surface area contributed by atoms with Crippen molar-refractivity contribution in [2.45, 2.75) is 46.6 Å². The number of rotatable bonds is 9. The molecule has 0 radical (unpaired) electrons. The minimum absolute atomic E-state index is 0.619. The average molecular weight is 428 g/mol. The van der Waals surface area contributed by atoms with Gasteiger partial charge in [0.25, 0.3) is 0 Å². The van der Waals surface area contributed by atoms with Gasteiger partial charge in [-0.3, -0.25) is 9.89 Å². The maximum atomic E-state index is 5.73. The molecule has 31 heavy (non-hydrogen) atoms. The monoisotopic (exact) mass is 427 g/mol. The molecule has 0 atom stereocenters. The SMILES string of the molecule is CCNC(=NCC1CCN(Cc2nc(C)c(C)o2)CC1)NCCc1ccccc1OC. The van der Waals surface area contributed by atoms with Crippen molar-refractivity contribution in [2.75, 3.05) is 39.8 Å². The van der Waals surface area contributed by atoms with Gasteiger partial charge in [-0.2, -0.15) is 0 Å². The summed E-state index contributed by atoms with van der Waals surface area (Å²) in [6, 6.07) is 8.16. The van der Waals surface area contributed by atoms with Gasteiger partial charge in [-0.05, 0) is 70.7 Å². The Hall–Kier alpha value is -2.54. The van der Waals surface area contributed by atoms with Gasteiger partial charge in [0.1, 0.15) is 11.5 Å². The van der Waals surface area contributed by atoms with E-state index in [4.69, 9.17) is 14.1 Å². The molecule has 2 N–H and O–H groups in total. The molecule has 7 nitrogen and oxygen atoms in total. The molecule has 1 aliphatic rings. The maximum Gasteiger partial charge on any atom is 0.208 e. The summed E-state index contributed by atoms with van der Waals surface area (Å²) in [7, 11) is 1.72. The number of hydrogen-bond acceptors (Lipinski definition) is 5. The van der Waals surface area contributed by atoms with Crippen LogP contribution in [0.4, 0.5) is 0 Å². The first-order valence-corrected chi connectivity index (χ1v) is 11.4. The van der Waals surface area contributed by atoms with Gasteiger partial charge >= 0.3 is 0 Å². The molecule has 1 saturated heterocycles. The van der Waals surface area contributed by atoms with Gasteiger partial charge in [-0.25, -0.2) is 4.98 Å². The second-order valence-corrected chi connectivity index (χ2v) is 8.18. The van der Waals surface area contributed by atoms with E-state index in [1.165, 1.54) is 5.56 Å². The minimum atomic E-state index is 0.619. The van der Waals surface area contributed by atoms with Crippen LogP contribution in [0.15, 0.2) is 33.7 Å². The quantitative estimate of drug-likeness (QED) is 0.472. The fourth-order valence-electron chi connectivity index (χ4n) is 3.91. The standard InChI is InChI=1S/C24H37N5O2/c1-5-25-24(26-13-10-21-8-6-7-9-22(21)30-4)27-16-20-11-14-29(15-12-20)17-23-28-18(2)19(3)31-23/h6-9,20H,5,10-17H2,1-4H3,(H2,25,26,27). The van der Waals surface area contributed by atoms with Crippen molar-refractivity contribution in [3.8, 4) is 5.75 Å². The van der Waals surface area contributed by atoms with Crippen LogP contribution in [-0.2, 0) is 13.0 Å². The number of likely N-dealkylation sites (tertiary alicyclic amines) is 1. The molecule has 0 spiro atoms. The summed E-state index contributed by atoms with van der Waals surface area (Å²) in [5, 5.41) is 6.82. The Morgan fingerprint density at radius 1 is 1.23 bits per heavy atom. The number of para-hydroxylation sites is 1. The Morgan fingerprint density at radius 2 is 2.00 bits per heavy atom. The molecule has 170 valence electrons. The molecule has 1 fully saturated rings. The van der Waals surface area contributed by atoms with Crippen LogP contribution in [0, 0.1) is 19.8 Å². The molecule has 3 rings (SSSR count). The first kappa shape index (κ1) is 23.1. The number of oxazole rings is 1. The number of nitrogens with one attached hydrogen (secondary N) is 2. The fraction of sp³-hybridized carbons (Fsp3) is 0.583. The Bertz CT molecular complexity index is 821. The molecule has 1 aromatic heterocycles. The summed E-state index contributed by atoms with van der Waals surface area (Å²) in [4.78, 5) is 11.8. The molecule has 0 amide bonds. The van der Waals surface area contributed by atoms with E-state index in [0.29, 0.717) is 5.92 Å². The van der Waals surface area contributed by atoms with Crippen molar-refractivity contribution in [2.24, 2.45) is 10.9 Å². The second-order valence-electron chi connectivity index (χ2n) is 8.18. The molecular weight excluding hydrogens is 390 g/mol. The largest absolute Gasteiger partial charge is 0.496 e. The third-order valence-electron chi connectivity index (χ3n) is 5.87. The Kier molecular flexibility index (Phi) is 8.76. The van der Waals surface area contributed by atoms with Gasteiger partial charge in [-0.1, -0.05) is 18.2 Å². The van der Waals surface area contributed by atoms with Crippen LogP contribution in [0.2, 0.25) is 0 Å². The van der Waals surface area contributed by atoms with E-state index >= 15 is 0 Å². The number of guanidine groups is 1.